The maximum Gasteiger partial charge on any atom is 0.325 e. The summed E-state index contributed by atoms with van der Waals surface area (Å²) >= 11 is 0. The van der Waals surface area contributed by atoms with E-state index < -0.39 is 36.2 Å². The third kappa shape index (κ3) is 4.46. The van der Waals surface area contributed by atoms with E-state index in [0.29, 0.717) is 28.2 Å². The molecule has 3 aromatic carbocycles. The van der Waals surface area contributed by atoms with Crippen LogP contribution in [0.1, 0.15) is 16.7 Å². The average molecular weight is 466 g/mol. The molecule has 0 spiro atoms. The summed E-state index contributed by atoms with van der Waals surface area (Å²) in [4.78, 5) is 23.9. The van der Waals surface area contributed by atoms with Crippen LogP contribution in [0.15, 0.2) is 78.9 Å². The molecule has 0 unspecified atom stereocenters. The van der Waals surface area contributed by atoms with Gasteiger partial charge in [0.1, 0.15) is 17.1 Å². The number of carbonyl (C=O) groups is 2. The first-order valence-corrected chi connectivity index (χ1v) is 10.4. The van der Waals surface area contributed by atoms with E-state index in [2.05, 4.69) is 0 Å². The number of carboxylic acids is 2. The molecule has 0 heterocycles. The number of ether oxygens (including phenoxy) is 3. The Bertz CT molecular complexity index is 1050. The molecule has 8 heteroatoms. The molecule has 0 bridgehead atoms. The van der Waals surface area contributed by atoms with Gasteiger partial charge in [0.05, 0.1) is 27.4 Å². The van der Waals surface area contributed by atoms with Crippen LogP contribution in [0.25, 0.3) is 0 Å². The van der Waals surface area contributed by atoms with E-state index in [4.69, 9.17) is 14.2 Å². The Morgan fingerprint density at radius 3 is 1.47 bits per heavy atom. The summed E-state index contributed by atoms with van der Waals surface area (Å²) in [6, 6.07) is 23.0. The Morgan fingerprint density at radius 1 is 0.706 bits per heavy atom. The number of aliphatic hydroxyl groups is 1. The number of rotatable bonds is 11. The highest BCUT2D eigenvalue weighted by Crippen LogP contribution is 2.42. The van der Waals surface area contributed by atoms with Crippen LogP contribution in [-0.2, 0) is 19.9 Å². The van der Waals surface area contributed by atoms with Crippen LogP contribution in [0, 0.1) is 5.41 Å². The molecule has 0 amide bonds. The summed E-state index contributed by atoms with van der Waals surface area (Å²) in [6.45, 7) is -1.95. The molecule has 3 rings (SSSR count). The van der Waals surface area contributed by atoms with Crippen molar-refractivity contribution in [2.45, 2.75) is 5.60 Å². The van der Waals surface area contributed by atoms with Crippen LogP contribution in [-0.4, -0.2) is 54.7 Å². The predicted molar refractivity (Wildman–Crippen MR) is 123 cm³/mol. The van der Waals surface area contributed by atoms with Crippen LogP contribution >= 0.6 is 0 Å². The second-order valence-electron chi connectivity index (χ2n) is 7.64. The molecule has 3 N–H and O–H groups in total. The normalized spacial score (nSPS) is 11.6. The first kappa shape index (κ1) is 24.8. The standard InChI is InChI=1S/C26H26O8/c1-32-21-12-8-19(9-13-21)26(18-6-4-3-5-7-18,20-10-14-22(33-2)15-11-20)34-17-25(16-27,23(28)29)24(30)31/h3-15,27H,16-17H2,1-2H3,(H,28,29)(H,30,31). The molecule has 3 aromatic rings. The lowest BCUT2D eigenvalue weighted by molar-refractivity contribution is -0.176. The van der Waals surface area contributed by atoms with Crippen molar-refractivity contribution < 1.29 is 39.1 Å². The lowest BCUT2D eigenvalue weighted by Crippen LogP contribution is -2.49. The van der Waals surface area contributed by atoms with Gasteiger partial charge >= 0.3 is 11.9 Å². The van der Waals surface area contributed by atoms with Crippen LogP contribution in [0.4, 0.5) is 0 Å². The summed E-state index contributed by atoms with van der Waals surface area (Å²) in [7, 11) is 3.07. The van der Waals surface area contributed by atoms with Crippen molar-refractivity contribution in [1.29, 1.82) is 0 Å². The van der Waals surface area contributed by atoms with Crippen molar-refractivity contribution in [3.63, 3.8) is 0 Å². The van der Waals surface area contributed by atoms with Gasteiger partial charge in [0, 0.05) is 0 Å². The zero-order valence-electron chi connectivity index (χ0n) is 18.8. The van der Waals surface area contributed by atoms with Gasteiger partial charge in [-0.2, -0.15) is 0 Å². The lowest BCUT2D eigenvalue weighted by Gasteiger charge is -2.38. The second kappa shape index (κ2) is 10.4. The van der Waals surface area contributed by atoms with E-state index in [0.717, 1.165) is 0 Å². The van der Waals surface area contributed by atoms with Crippen LogP contribution < -0.4 is 9.47 Å². The average Bonchev–Trinajstić information content (AvgIpc) is 2.87. The fraction of sp³-hybridized carbons (Fsp3) is 0.231. The van der Waals surface area contributed by atoms with Gasteiger partial charge in [0.2, 0.25) is 5.41 Å². The van der Waals surface area contributed by atoms with E-state index in [1.165, 1.54) is 14.2 Å². The number of carboxylic acid groups (broad SMARTS) is 2. The number of methoxy groups -OCH3 is 2. The summed E-state index contributed by atoms with van der Waals surface area (Å²) in [5, 5.41) is 29.2. The summed E-state index contributed by atoms with van der Waals surface area (Å²) in [5.74, 6) is -2.20. The third-order valence-electron chi connectivity index (χ3n) is 5.80. The van der Waals surface area contributed by atoms with Gasteiger partial charge in [0.15, 0.2) is 0 Å². The zero-order valence-corrected chi connectivity index (χ0v) is 18.8. The van der Waals surface area contributed by atoms with Crippen molar-refractivity contribution in [2.24, 2.45) is 5.41 Å². The minimum Gasteiger partial charge on any atom is -0.497 e. The van der Waals surface area contributed by atoms with Gasteiger partial charge in [-0.25, -0.2) is 0 Å². The van der Waals surface area contributed by atoms with Crippen LogP contribution in [0.5, 0.6) is 11.5 Å². The number of benzene rings is 3. The molecule has 0 radical (unpaired) electrons. The van der Waals surface area contributed by atoms with Gasteiger partial charge in [-0.3, -0.25) is 9.59 Å². The van der Waals surface area contributed by atoms with E-state index in [1.807, 2.05) is 6.07 Å². The van der Waals surface area contributed by atoms with Crippen LogP contribution in [0.3, 0.4) is 0 Å². The van der Waals surface area contributed by atoms with Crippen molar-refractivity contribution >= 4 is 11.9 Å². The van der Waals surface area contributed by atoms with Crippen molar-refractivity contribution in [3.8, 4) is 11.5 Å². The molecule has 34 heavy (non-hydrogen) atoms. The SMILES string of the molecule is COc1ccc(C(OCC(CO)(C(=O)O)C(=O)O)(c2ccccc2)c2ccc(OC)cc2)cc1. The summed E-state index contributed by atoms with van der Waals surface area (Å²) < 4.78 is 16.9. The smallest absolute Gasteiger partial charge is 0.325 e. The Balaban J connectivity index is 2.28. The Morgan fingerprint density at radius 2 is 1.12 bits per heavy atom. The summed E-state index contributed by atoms with van der Waals surface area (Å²) in [6.07, 6.45) is 0. The zero-order chi connectivity index (χ0) is 24.8. The highest BCUT2D eigenvalue weighted by atomic mass is 16.5. The molecule has 178 valence electrons. The third-order valence-corrected chi connectivity index (χ3v) is 5.80. The molecule has 0 saturated carbocycles. The predicted octanol–water partition coefficient (Wildman–Crippen LogP) is 3.16. The minimum absolute atomic E-state index is 0.598. The van der Waals surface area contributed by atoms with Gasteiger partial charge in [-0.15, -0.1) is 0 Å². The van der Waals surface area contributed by atoms with Gasteiger partial charge in [-0.05, 0) is 41.0 Å². The molecule has 0 aliphatic rings. The molecule has 0 aromatic heterocycles. The largest absolute Gasteiger partial charge is 0.497 e. The molecule has 0 saturated heterocycles. The molecule has 0 fully saturated rings. The lowest BCUT2D eigenvalue weighted by atomic mass is 9.79. The van der Waals surface area contributed by atoms with E-state index in [9.17, 15) is 24.9 Å². The highest BCUT2D eigenvalue weighted by Gasteiger charge is 2.50. The molecular formula is C26H26O8. The number of hydrogen-bond acceptors (Lipinski definition) is 6. The van der Waals surface area contributed by atoms with Gasteiger partial charge < -0.3 is 29.5 Å². The maximum absolute atomic E-state index is 11.9. The maximum atomic E-state index is 11.9. The van der Waals surface area contributed by atoms with Crippen molar-refractivity contribution in [2.75, 3.05) is 27.4 Å². The molecule has 0 aliphatic heterocycles. The highest BCUT2D eigenvalue weighted by molar-refractivity contribution is 5.98. The topological polar surface area (TPSA) is 123 Å². The fourth-order valence-corrected chi connectivity index (χ4v) is 3.70. The summed E-state index contributed by atoms with van der Waals surface area (Å²) in [5.41, 5.74) is -2.13. The van der Waals surface area contributed by atoms with Gasteiger partial charge in [-0.1, -0.05) is 54.6 Å². The Labute approximate surface area is 197 Å². The molecule has 8 nitrogen and oxygen atoms in total. The van der Waals surface area contributed by atoms with Crippen LogP contribution in [0.2, 0.25) is 0 Å². The Kier molecular flexibility index (Phi) is 7.55. The first-order chi connectivity index (χ1) is 16.3. The molecular weight excluding hydrogens is 440 g/mol. The monoisotopic (exact) mass is 466 g/mol. The minimum atomic E-state index is -2.56. The molecule has 0 atom stereocenters. The van der Waals surface area contributed by atoms with E-state index >= 15 is 0 Å². The van der Waals surface area contributed by atoms with E-state index in [-0.39, 0.29) is 0 Å². The van der Waals surface area contributed by atoms with Crippen molar-refractivity contribution in [3.05, 3.63) is 95.6 Å². The van der Waals surface area contributed by atoms with Gasteiger partial charge in [0.25, 0.3) is 0 Å². The quantitative estimate of drug-likeness (QED) is 0.291. The number of hydrogen-bond donors (Lipinski definition) is 3. The number of aliphatic hydroxyl groups excluding tert-OH is 1. The number of aliphatic carboxylic acids is 2. The molecule has 0 aliphatic carbocycles. The first-order valence-electron chi connectivity index (χ1n) is 10.4. The fourth-order valence-electron chi connectivity index (χ4n) is 3.70. The Hall–Kier alpha value is -3.88. The second-order valence-corrected chi connectivity index (χ2v) is 7.64. The van der Waals surface area contributed by atoms with Crippen molar-refractivity contribution in [1.82, 2.24) is 0 Å². The van der Waals surface area contributed by atoms with E-state index in [1.54, 1.807) is 72.8 Å².